The Bertz CT molecular complexity index is 142. The highest BCUT2D eigenvalue weighted by Crippen LogP contribution is 2.08. The molecule has 3 nitrogen and oxygen atoms in total. The topological polar surface area (TPSA) is 41.5 Å². The van der Waals surface area contributed by atoms with Crippen molar-refractivity contribution in [1.82, 2.24) is 5.32 Å². The molecule has 2 atom stereocenters. The van der Waals surface area contributed by atoms with E-state index in [9.17, 15) is 0 Å². The lowest BCUT2D eigenvalue weighted by atomic mass is 10.0. The number of ether oxygens (including phenoxy) is 1. The molecule has 0 fully saturated rings. The van der Waals surface area contributed by atoms with E-state index in [1.54, 1.807) is 7.11 Å². The van der Waals surface area contributed by atoms with Crippen LogP contribution >= 0.6 is 0 Å². The molecule has 0 radical (unpaired) electrons. The fourth-order valence-corrected chi connectivity index (χ4v) is 1.86. The molecule has 0 spiro atoms. The van der Waals surface area contributed by atoms with E-state index in [4.69, 9.17) is 9.84 Å². The van der Waals surface area contributed by atoms with Crippen molar-refractivity contribution in [3.8, 4) is 0 Å². The average molecular weight is 231 g/mol. The van der Waals surface area contributed by atoms with E-state index in [1.807, 2.05) is 0 Å². The van der Waals surface area contributed by atoms with E-state index >= 15 is 0 Å². The number of nitrogens with one attached hydrogen (secondary N) is 1. The smallest absolute Gasteiger partial charge is 0.0615 e. The van der Waals surface area contributed by atoms with Gasteiger partial charge in [-0.2, -0.15) is 0 Å². The summed E-state index contributed by atoms with van der Waals surface area (Å²) in [6.07, 6.45) is 5.69. The lowest BCUT2D eigenvalue weighted by Crippen LogP contribution is -2.36. The summed E-state index contributed by atoms with van der Waals surface area (Å²) in [7, 11) is 1.76. The molecule has 0 aliphatic rings. The third kappa shape index (κ3) is 8.08. The van der Waals surface area contributed by atoms with Gasteiger partial charge in [-0.05, 0) is 25.3 Å². The number of methoxy groups -OCH3 is 1. The molecule has 0 saturated heterocycles. The molecule has 0 aliphatic heterocycles. The van der Waals surface area contributed by atoms with Crippen molar-refractivity contribution >= 4 is 0 Å². The van der Waals surface area contributed by atoms with E-state index < -0.39 is 0 Å². The molecule has 0 rings (SSSR count). The van der Waals surface area contributed by atoms with E-state index in [0.717, 1.165) is 26.0 Å². The molecule has 2 N–H and O–H groups in total. The van der Waals surface area contributed by atoms with Gasteiger partial charge in [0.1, 0.15) is 0 Å². The zero-order chi connectivity index (χ0) is 12.2. The van der Waals surface area contributed by atoms with Crippen LogP contribution in [0.5, 0.6) is 0 Å². The molecule has 0 aliphatic carbocycles. The highest BCUT2D eigenvalue weighted by atomic mass is 16.5. The van der Waals surface area contributed by atoms with Crippen molar-refractivity contribution < 1.29 is 9.84 Å². The Balaban J connectivity index is 3.78. The van der Waals surface area contributed by atoms with Crippen molar-refractivity contribution in [2.45, 2.75) is 52.0 Å². The first-order valence-electron chi connectivity index (χ1n) is 6.61. The molecular weight excluding hydrogens is 202 g/mol. The van der Waals surface area contributed by atoms with Gasteiger partial charge in [-0.3, -0.25) is 0 Å². The molecular formula is C13H29NO2. The average Bonchev–Trinajstić information content (AvgIpc) is 2.30. The second-order valence-electron chi connectivity index (χ2n) is 4.49. The van der Waals surface area contributed by atoms with Crippen molar-refractivity contribution in [3.05, 3.63) is 0 Å². The van der Waals surface area contributed by atoms with E-state index in [2.05, 4.69) is 19.2 Å². The minimum Gasteiger partial charge on any atom is -0.396 e. The Kier molecular flexibility index (Phi) is 11.3. The van der Waals surface area contributed by atoms with Gasteiger partial charge in [0.2, 0.25) is 0 Å². The Morgan fingerprint density at radius 2 is 2.00 bits per heavy atom. The Hall–Kier alpha value is -0.120. The van der Waals surface area contributed by atoms with E-state index in [0.29, 0.717) is 18.6 Å². The summed E-state index contributed by atoms with van der Waals surface area (Å²) in [6, 6.07) is 0.470. The Morgan fingerprint density at radius 1 is 1.25 bits per heavy atom. The van der Waals surface area contributed by atoms with Crippen LogP contribution in [0.1, 0.15) is 46.0 Å². The van der Waals surface area contributed by atoms with Crippen LogP contribution in [0.3, 0.4) is 0 Å². The minimum atomic E-state index is 0.296. The van der Waals surface area contributed by atoms with Crippen LogP contribution in [0.15, 0.2) is 0 Å². The Morgan fingerprint density at radius 3 is 2.50 bits per heavy atom. The third-order valence-corrected chi connectivity index (χ3v) is 3.08. The van der Waals surface area contributed by atoms with Crippen LogP contribution in [0.2, 0.25) is 0 Å². The second-order valence-corrected chi connectivity index (χ2v) is 4.49. The van der Waals surface area contributed by atoms with Gasteiger partial charge in [-0.1, -0.05) is 33.1 Å². The number of rotatable bonds is 11. The maximum absolute atomic E-state index is 8.93. The SMILES string of the molecule is CCCCC(COC)NCC(CC)CCO. The molecule has 0 amide bonds. The predicted octanol–water partition coefficient (Wildman–Crippen LogP) is 2.19. The number of aliphatic hydroxyl groups excluding tert-OH is 1. The van der Waals surface area contributed by atoms with Gasteiger partial charge in [0.25, 0.3) is 0 Å². The first kappa shape index (κ1) is 15.9. The molecule has 0 aromatic rings. The van der Waals surface area contributed by atoms with E-state index in [1.165, 1.54) is 19.3 Å². The van der Waals surface area contributed by atoms with Crippen LogP contribution in [0.25, 0.3) is 0 Å². The highest BCUT2D eigenvalue weighted by molar-refractivity contribution is 4.69. The van der Waals surface area contributed by atoms with Gasteiger partial charge >= 0.3 is 0 Å². The summed E-state index contributed by atoms with van der Waals surface area (Å²) < 4.78 is 5.22. The van der Waals surface area contributed by atoms with Crippen molar-refractivity contribution in [2.75, 3.05) is 26.9 Å². The monoisotopic (exact) mass is 231 g/mol. The number of hydrogen-bond acceptors (Lipinski definition) is 3. The summed E-state index contributed by atoms with van der Waals surface area (Å²) in [5.41, 5.74) is 0. The summed E-state index contributed by atoms with van der Waals surface area (Å²) in [4.78, 5) is 0. The van der Waals surface area contributed by atoms with Gasteiger partial charge in [-0.15, -0.1) is 0 Å². The van der Waals surface area contributed by atoms with Gasteiger partial charge in [0, 0.05) is 19.8 Å². The largest absolute Gasteiger partial charge is 0.396 e. The Labute approximate surface area is 101 Å². The highest BCUT2D eigenvalue weighted by Gasteiger charge is 2.10. The van der Waals surface area contributed by atoms with Gasteiger partial charge in [0.15, 0.2) is 0 Å². The third-order valence-electron chi connectivity index (χ3n) is 3.08. The lowest BCUT2D eigenvalue weighted by molar-refractivity contribution is 0.156. The lowest BCUT2D eigenvalue weighted by Gasteiger charge is -2.21. The maximum Gasteiger partial charge on any atom is 0.0615 e. The first-order valence-corrected chi connectivity index (χ1v) is 6.61. The normalized spacial score (nSPS) is 15.0. The summed E-state index contributed by atoms with van der Waals surface area (Å²) in [5.74, 6) is 0.589. The van der Waals surface area contributed by atoms with Crippen molar-refractivity contribution in [1.29, 1.82) is 0 Å². The molecule has 0 bridgehead atoms. The number of hydrogen-bond donors (Lipinski definition) is 2. The van der Waals surface area contributed by atoms with Crippen LogP contribution in [-0.2, 0) is 4.74 Å². The van der Waals surface area contributed by atoms with Crippen LogP contribution in [0, 0.1) is 5.92 Å². The minimum absolute atomic E-state index is 0.296. The number of aliphatic hydroxyl groups is 1. The molecule has 0 aromatic carbocycles. The fraction of sp³-hybridized carbons (Fsp3) is 1.00. The van der Waals surface area contributed by atoms with Crippen LogP contribution in [-0.4, -0.2) is 38.0 Å². The zero-order valence-corrected chi connectivity index (χ0v) is 11.2. The first-order chi connectivity index (χ1) is 7.78. The molecule has 0 aromatic heterocycles. The van der Waals surface area contributed by atoms with Crippen molar-refractivity contribution in [2.24, 2.45) is 5.92 Å². The quantitative estimate of drug-likeness (QED) is 0.573. The van der Waals surface area contributed by atoms with Gasteiger partial charge < -0.3 is 15.2 Å². The maximum atomic E-state index is 8.93. The molecule has 0 saturated carbocycles. The van der Waals surface area contributed by atoms with Crippen LogP contribution < -0.4 is 5.32 Å². The number of unbranched alkanes of at least 4 members (excludes halogenated alkanes) is 1. The molecule has 2 unspecified atom stereocenters. The summed E-state index contributed by atoms with van der Waals surface area (Å²) in [5, 5.41) is 12.5. The second kappa shape index (κ2) is 11.4. The summed E-state index contributed by atoms with van der Waals surface area (Å²) >= 11 is 0. The zero-order valence-electron chi connectivity index (χ0n) is 11.2. The fourth-order valence-electron chi connectivity index (χ4n) is 1.86. The predicted molar refractivity (Wildman–Crippen MR) is 68.7 cm³/mol. The standard InChI is InChI=1S/C13H29NO2/c1-4-6-7-13(11-16-3)14-10-12(5-2)8-9-15/h12-15H,4-11H2,1-3H3. The molecule has 16 heavy (non-hydrogen) atoms. The molecule has 3 heteroatoms. The van der Waals surface area contributed by atoms with Crippen molar-refractivity contribution in [3.63, 3.8) is 0 Å². The molecule has 98 valence electrons. The van der Waals surface area contributed by atoms with Gasteiger partial charge in [-0.25, -0.2) is 0 Å². The van der Waals surface area contributed by atoms with Crippen LogP contribution in [0.4, 0.5) is 0 Å². The van der Waals surface area contributed by atoms with Gasteiger partial charge in [0.05, 0.1) is 6.61 Å². The summed E-state index contributed by atoms with van der Waals surface area (Å²) in [6.45, 7) is 6.47. The molecule has 0 heterocycles. The van der Waals surface area contributed by atoms with E-state index in [-0.39, 0.29) is 0 Å².